The van der Waals surface area contributed by atoms with Gasteiger partial charge in [-0.1, -0.05) is 54.4 Å². The van der Waals surface area contributed by atoms with E-state index >= 15 is 4.39 Å². The number of Topliss-reactive ketones (excluding diaryl/α,β-unsaturated/α-hetero) is 1. The number of hydrogen-bond acceptors (Lipinski definition) is 12. The molecule has 6 aliphatic heterocycles. The zero-order valence-electron chi connectivity index (χ0n) is 58.7. The highest BCUT2D eigenvalue weighted by Crippen LogP contribution is 2.49. The number of hydrogen-bond donors (Lipinski definition) is 0. The van der Waals surface area contributed by atoms with E-state index in [1.165, 1.54) is 146 Å². The maximum atomic E-state index is 15.7. The van der Waals surface area contributed by atoms with Gasteiger partial charge in [-0.25, -0.2) is 13.6 Å². The van der Waals surface area contributed by atoms with E-state index in [2.05, 4.69) is 68.1 Å². The van der Waals surface area contributed by atoms with Gasteiger partial charge in [0, 0.05) is 86.4 Å². The van der Waals surface area contributed by atoms with Crippen molar-refractivity contribution < 1.29 is 46.8 Å². The first kappa shape index (κ1) is 72.2. The summed E-state index contributed by atoms with van der Waals surface area (Å²) < 4.78 is 61.7. The summed E-state index contributed by atoms with van der Waals surface area (Å²) in [6.07, 6.45) is 26.3. The standard InChI is InChI=1S/C24H35NO2.C20H28ClFN2O3.C19H26FNO.C17H25NO2/c1-27-24-5-3-2-4-23(24)20-14-16-25(17-15-20)21-10-6-18(7-11-21)19-8-12-22(26)13-9-19;1-3-27-19(25)24-10-6-16(7-11-24)23-12-8-20(22,9-13-23)17-14-15(21)4-5-18(17)26-2;1-22-19-5-4-16(20)12-17(19)14-6-8-21(9-7-14)18-11-13-2-3-15(18)10-13;1-19-17-5-3-2-4-16(17)15-6-9-18(10-7-15)12-14-8-11-20-13-14/h2-5,18-21H,6-17H2,1H3;4-5,14,16H,3,6-13H2,1-2H3;4-5,12-15,18H,2-3,6-11H2,1H3;2-5,14-15H,6-13H2,1H3. The average Bonchev–Trinajstić information content (AvgIpc) is 1.33. The second-order valence-electron chi connectivity index (χ2n) is 29.7. The number of ether oxygens (including phenoxy) is 6. The van der Waals surface area contributed by atoms with E-state index in [-0.39, 0.29) is 11.9 Å². The summed E-state index contributed by atoms with van der Waals surface area (Å²) in [5.74, 6) is 10.1. The lowest BCUT2D eigenvalue weighted by atomic mass is 9.72. The molecule has 0 radical (unpaired) electrons. The largest absolute Gasteiger partial charge is 0.496 e. The van der Waals surface area contributed by atoms with Crippen LogP contribution in [-0.4, -0.2) is 175 Å². The molecule has 4 aliphatic carbocycles. The molecule has 4 unspecified atom stereocenters. The smallest absolute Gasteiger partial charge is 0.409 e. The molecular weight excluding hydrogens is 1230 g/mol. The maximum absolute atomic E-state index is 15.7. The molecule has 4 aromatic rings. The summed E-state index contributed by atoms with van der Waals surface area (Å²) in [5.41, 5.74) is 2.98. The van der Waals surface area contributed by atoms with Gasteiger partial charge in [0.2, 0.25) is 0 Å². The Bertz CT molecular complexity index is 3040. The number of nitrogens with zero attached hydrogens (tertiary/aromatic N) is 5. The Hall–Kier alpha value is -5.03. The van der Waals surface area contributed by atoms with Crippen molar-refractivity contribution in [3.8, 4) is 23.0 Å². The number of carbonyl (C=O) groups is 2. The highest BCUT2D eigenvalue weighted by atomic mass is 35.5. The van der Waals surface area contributed by atoms with Crippen molar-refractivity contribution in [2.75, 3.05) is 120 Å². The number of amides is 1. The molecule has 4 saturated carbocycles. The van der Waals surface area contributed by atoms with Crippen LogP contribution in [-0.2, 0) is 19.9 Å². The maximum Gasteiger partial charge on any atom is 0.409 e. The molecule has 0 spiro atoms. The number of piperidine rings is 5. The van der Waals surface area contributed by atoms with Crippen LogP contribution >= 0.6 is 11.6 Å². The summed E-state index contributed by atoms with van der Waals surface area (Å²) >= 11 is 6.09. The molecule has 10 fully saturated rings. The van der Waals surface area contributed by atoms with Gasteiger partial charge in [0.1, 0.15) is 40.3 Å². The lowest BCUT2D eigenvalue weighted by molar-refractivity contribution is -0.121. The molecule has 10 aliphatic rings. The zero-order chi connectivity index (χ0) is 67.0. The van der Waals surface area contributed by atoms with Crippen LogP contribution in [0.5, 0.6) is 23.0 Å². The lowest BCUT2D eigenvalue weighted by Crippen LogP contribution is -2.50. The van der Waals surface area contributed by atoms with Crippen molar-refractivity contribution in [3.05, 3.63) is 118 Å². The van der Waals surface area contributed by atoms with Gasteiger partial charge in [-0.15, -0.1) is 0 Å². The number of benzene rings is 4. The average molecular weight is 1350 g/mol. The van der Waals surface area contributed by atoms with Crippen LogP contribution < -0.4 is 18.9 Å². The number of methoxy groups -OCH3 is 4. The minimum atomic E-state index is -1.42. The van der Waals surface area contributed by atoms with Crippen LogP contribution in [0, 0.1) is 35.4 Å². The third kappa shape index (κ3) is 18.7. The fourth-order valence-electron chi connectivity index (χ4n) is 18.9. The number of rotatable bonds is 15. The number of para-hydroxylation sites is 2. The molecule has 6 saturated heterocycles. The van der Waals surface area contributed by atoms with E-state index in [9.17, 15) is 14.0 Å². The number of carbonyl (C=O) groups excluding carboxylic acids is 2. The summed E-state index contributed by atoms with van der Waals surface area (Å²) in [6, 6.07) is 29.2. The SMILES string of the molecule is CCOC(=O)N1CCC(N2CCC(F)(c3cc(Cl)ccc3OC)CC2)CC1.COc1ccc(F)cc1C1CCN(C2CC3CCC2C3)CC1.COc1ccccc1C1CCN(C2CCC(C3CCC(=O)CC3)CC2)CC1.COc1ccccc1C1CCN(CC2CCOC2)CC1. The van der Waals surface area contributed by atoms with Crippen molar-refractivity contribution in [1.82, 2.24) is 24.5 Å². The lowest BCUT2D eigenvalue weighted by Gasteiger charge is -2.43. The van der Waals surface area contributed by atoms with Gasteiger partial charge in [-0.3, -0.25) is 9.69 Å². The molecule has 14 rings (SSSR count). The van der Waals surface area contributed by atoms with E-state index in [0.29, 0.717) is 91.5 Å². The Kier molecular flexibility index (Phi) is 26.6. The Morgan fingerprint density at radius 2 is 1.08 bits per heavy atom. The van der Waals surface area contributed by atoms with Gasteiger partial charge in [0.05, 0.1) is 41.7 Å². The molecule has 96 heavy (non-hydrogen) atoms. The topological polar surface area (TPSA) is 106 Å². The van der Waals surface area contributed by atoms with Gasteiger partial charge in [-0.05, 0) is 282 Å². The van der Waals surface area contributed by atoms with Crippen LogP contribution in [0.2, 0.25) is 5.02 Å². The molecule has 528 valence electrons. The van der Waals surface area contributed by atoms with Crippen molar-refractivity contribution >= 4 is 23.5 Å². The van der Waals surface area contributed by atoms with Crippen LogP contribution in [0.25, 0.3) is 0 Å². The summed E-state index contributed by atoms with van der Waals surface area (Å²) in [5, 5.41) is 0.525. The van der Waals surface area contributed by atoms with Crippen LogP contribution in [0.1, 0.15) is 195 Å². The van der Waals surface area contributed by atoms with E-state index < -0.39 is 5.67 Å². The van der Waals surface area contributed by atoms with Crippen LogP contribution in [0.4, 0.5) is 13.6 Å². The normalized spacial score (nSPS) is 26.8. The van der Waals surface area contributed by atoms with Crippen molar-refractivity contribution in [3.63, 3.8) is 0 Å². The minimum Gasteiger partial charge on any atom is -0.496 e. The summed E-state index contributed by atoms with van der Waals surface area (Å²) in [7, 11) is 6.80. The monoisotopic (exact) mass is 1350 g/mol. The van der Waals surface area contributed by atoms with Gasteiger partial charge in [-0.2, -0.15) is 0 Å². The van der Waals surface area contributed by atoms with Crippen molar-refractivity contribution in [2.24, 2.45) is 29.6 Å². The molecule has 1 amide bonds. The molecule has 16 heteroatoms. The summed E-state index contributed by atoms with van der Waals surface area (Å²) in [4.78, 5) is 35.6. The molecule has 2 bridgehead atoms. The Labute approximate surface area is 578 Å². The first-order chi connectivity index (χ1) is 46.8. The van der Waals surface area contributed by atoms with Gasteiger partial charge < -0.3 is 48.0 Å². The fraction of sp³-hybridized carbons (Fsp3) is 0.675. The molecule has 0 N–H and O–H groups in total. The predicted molar refractivity (Wildman–Crippen MR) is 379 cm³/mol. The fourth-order valence-corrected chi connectivity index (χ4v) is 19.0. The van der Waals surface area contributed by atoms with Crippen molar-refractivity contribution in [1.29, 1.82) is 0 Å². The predicted octanol–water partition coefficient (Wildman–Crippen LogP) is 16.5. The van der Waals surface area contributed by atoms with Crippen molar-refractivity contribution in [2.45, 2.75) is 196 Å². The number of fused-ring (bicyclic) bond motifs is 2. The molecule has 4 aromatic carbocycles. The second-order valence-corrected chi connectivity index (χ2v) is 30.2. The van der Waals surface area contributed by atoms with Gasteiger partial charge in [0.15, 0.2) is 0 Å². The molecule has 6 heterocycles. The Morgan fingerprint density at radius 1 is 0.552 bits per heavy atom. The number of alkyl halides is 1. The molecular formula is C80H114ClF2N5O8. The Morgan fingerprint density at radius 3 is 1.65 bits per heavy atom. The Balaban J connectivity index is 0.000000131. The van der Waals surface area contributed by atoms with E-state index in [1.807, 2.05) is 6.92 Å². The second kappa shape index (κ2) is 35.3. The van der Waals surface area contributed by atoms with Gasteiger partial charge in [0.25, 0.3) is 0 Å². The van der Waals surface area contributed by atoms with Crippen LogP contribution in [0.3, 0.4) is 0 Å². The number of ketones is 1. The molecule has 4 atom stereocenters. The molecule has 0 aromatic heterocycles. The van der Waals surface area contributed by atoms with Crippen LogP contribution in [0.15, 0.2) is 84.9 Å². The first-order valence-electron chi connectivity index (χ1n) is 37.4. The number of likely N-dealkylation sites (tertiary alicyclic amines) is 5. The zero-order valence-corrected chi connectivity index (χ0v) is 59.5. The highest BCUT2D eigenvalue weighted by molar-refractivity contribution is 6.30. The quantitative estimate of drug-likeness (QED) is 0.113. The van der Waals surface area contributed by atoms with E-state index in [1.54, 1.807) is 63.7 Å². The van der Waals surface area contributed by atoms with Gasteiger partial charge >= 0.3 is 6.09 Å². The first-order valence-corrected chi connectivity index (χ1v) is 37.8. The summed E-state index contributed by atoms with van der Waals surface area (Å²) in [6.45, 7) is 15.3. The third-order valence-corrected chi connectivity index (χ3v) is 24.6. The minimum absolute atomic E-state index is 0.147. The highest BCUT2D eigenvalue weighted by Gasteiger charge is 2.44. The molecule has 13 nitrogen and oxygen atoms in total. The third-order valence-electron chi connectivity index (χ3n) is 24.4. The number of halogens is 3. The van der Waals surface area contributed by atoms with E-state index in [0.717, 1.165) is 129 Å². The van der Waals surface area contributed by atoms with E-state index in [4.69, 9.17) is 40.0 Å².